The fraction of sp³-hybridized carbons (Fsp3) is 0.895. The van der Waals surface area contributed by atoms with E-state index < -0.39 is 0 Å². The second-order valence-corrected chi connectivity index (χ2v) is 7.89. The minimum Gasteiger partial charge on any atom is -0.370 e. The predicted octanol–water partition coefficient (Wildman–Crippen LogP) is 1.56. The van der Waals surface area contributed by atoms with Crippen LogP contribution >= 0.6 is 0 Å². The van der Waals surface area contributed by atoms with E-state index in [0.717, 1.165) is 52.1 Å². The molecule has 6 nitrogen and oxygen atoms in total. The number of hydrogen-bond acceptors (Lipinski definition) is 3. The molecule has 25 heavy (non-hydrogen) atoms. The van der Waals surface area contributed by atoms with Gasteiger partial charge in [0.15, 0.2) is 5.96 Å². The summed E-state index contributed by atoms with van der Waals surface area (Å²) >= 11 is 0. The molecule has 0 bridgehead atoms. The van der Waals surface area contributed by atoms with Crippen LogP contribution in [0.2, 0.25) is 0 Å². The molecule has 142 valence electrons. The molecule has 0 unspecified atom stereocenters. The van der Waals surface area contributed by atoms with E-state index in [1.165, 1.54) is 44.9 Å². The summed E-state index contributed by atoms with van der Waals surface area (Å²) in [6.07, 6.45) is 11.0. The zero-order valence-electron chi connectivity index (χ0n) is 15.6. The second-order valence-electron chi connectivity index (χ2n) is 7.89. The van der Waals surface area contributed by atoms with Crippen molar-refractivity contribution >= 4 is 11.9 Å². The van der Waals surface area contributed by atoms with Gasteiger partial charge in [-0.25, -0.2) is 0 Å². The molecule has 0 spiro atoms. The summed E-state index contributed by atoms with van der Waals surface area (Å²) in [7, 11) is 0. The number of piperazine rings is 1. The molecule has 0 radical (unpaired) electrons. The van der Waals surface area contributed by atoms with Gasteiger partial charge in [-0.15, -0.1) is 0 Å². The topological polar surface area (TPSA) is 74.0 Å². The summed E-state index contributed by atoms with van der Waals surface area (Å²) in [5, 5.41) is 3.37. The Morgan fingerprint density at radius 3 is 2.28 bits per heavy atom. The van der Waals surface area contributed by atoms with Gasteiger partial charge in [-0.3, -0.25) is 14.7 Å². The van der Waals surface area contributed by atoms with E-state index in [2.05, 4.69) is 20.1 Å². The number of hydrogen-bond donors (Lipinski definition) is 2. The first-order chi connectivity index (χ1) is 12.2. The smallest absolute Gasteiger partial charge is 0.225 e. The van der Waals surface area contributed by atoms with Gasteiger partial charge in [-0.1, -0.05) is 32.1 Å². The van der Waals surface area contributed by atoms with Gasteiger partial charge in [0.25, 0.3) is 0 Å². The molecule has 0 atom stereocenters. The molecular formula is C19H35N5O. The van der Waals surface area contributed by atoms with E-state index in [1.807, 2.05) is 0 Å². The highest BCUT2D eigenvalue weighted by Gasteiger charge is 2.29. The Labute approximate surface area is 152 Å². The Kier molecular flexibility index (Phi) is 6.96. The highest BCUT2D eigenvalue weighted by molar-refractivity contribution is 5.79. The first kappa shape index (κ1) is 18.5. The van der Waals surface area contributed by atoms with Crippen molar-refractivity contribution in [2.24, 2.45) is 16.6 Å². The highest BCUT2D eigenvalue weighted by Crippen LogP contribution is 2.26. The number of guanidine groups is 1. The average molecular weight is 350 g/mol. The van der Waals surface area contributed by atoms with E-state index in [0.29, 0.717) is 23.8 Å². The van der Waals surface area contributed by atoms with Crippen molar-refractivity contribution in [1.29, 1.82) is 0 Å². The van der Waals surface area contributed by atoms with Gasteiger partial charge in [-0.05, 0) is 25.7 Å². The summed E-state index contributed by atoms with van der Waals surface area (Å²) in [4.78, 5) is 21.4. The van der Waals surface area contributed by atoms with Crippen LogP contribution in [-0.4, -0.2) is 67.0 Å². The number of carbonyl (C=O) groups excluding carboxylic acids is 1. The number of nitrogens with two attached hydrogens (primary N) is 1. The van der Waals surface area contributed by atoms with Crippen molar-refractivity contribution in [3.8, 4) is 0 Å². The molecule has 0 aromatic carbocycles. The Bertz CT molecular complexity index is 447. The van der Waals surface area contributed by atoms with E-state index in [-0.39, 0.29) is 0 Å². The van der Waals surface area contributed by atoms with Crippen LogP contribution in [0.3, 0.4) is 0 Å². The first-order valence-corrected chi connectivity index (χ1v) is 10.3. The third kappa shape index (κ3) is 5.59. The molecule has 2 aliphatic carbocycles. The molecule has 3 fully saturated rings. The van der Waals surface area contributed by atoms with Crippen LogP contribution < -0.4 is 11.1 Å². The second kappa shape index (κ2) is 9.41. The molecular weight excluding hydrogens is 314 g/mol. The van der Waals surface area contributed by atoms with Gasteiger partial charge >= 0.3 is 0 Å². The zero-order valence-corrected chi connectivity index (χ0v) is 15.6. The third-order valence-electron chi connectivity index (χ3n) is 6.04. The summed E-state index contributed by atoms with van der Waals surface area (Å²) in [6, 6.07) is 0.516. The number of carbonyl (C=O) groups is 1. The molecule has 0 aromatic rings. The fourth-order valence-corrected chi connectivity index (χ4v) is 4.44. The molecule has 3 N–H and O–H groups in total. The van der Waals surface area contributed by atoms with Gasteiger partial charge in [0, 0.05) is 44.7 Å². The maximum atomic E-state index is 12.5. The van der Waals surface area contributed by atoms with Gasteiger partial charge in [0.05, 0.1) is 6.54 Å². The van der Waals surface area contributed by atoms with Crippen LogP contribution in [-0.2, 0) is 4.79 Å². The van der Waals surface area contributed by atoms with Crippen molar-refractivity contribution in [3.05, 3.63) is 0 Å². The molecule has 2 saturated carbocycles. The van der Waals surface area contributed by atoms with Crippen LogP contribution in [0.4, 0.5) is 0 Å². The first-order valence-electron chi connectivity index (χ1n) is 10.3. The number of nitrogens with zero attached hydrogens (tertiary/aromatic N) is 3. The maximum absolute atomic E-state index is 12.5. The lowest BCUT2D eigenvalue weighted by atomic mass is 9.96. The Morgan fingerprint density at radius 1 is 0.960 bits per heavy atom. The maximum Gasteiger partial charge on any atom is 0.225 e. The minimum atomic E-state index is 0.307. The van der Waals surface area contributed by atoms with E-state index in [4.69, 9.17) is 5.73 Å². The van der Waals surface area contributed by atoms with Crippen LogP contribution in [0.15, 0.2) is 4.99 Å². The lowest BCUT2D eigenvalue weighted by Crippen LogP contribution is -2.50. The minimum absolute atomic E-state index is 0.307. The number of nitrogens with one attached hydrogen (secondary N) is 1. The molecule has 3 rings (SSSR count). The molecule has 1 heterocycles. The van der Waals surface area contributed by atoms with Crippen molar-refractivity contribution in [3.63, 3.8) is 0 Å². The van der Waals surface area contributed by atoms with Crippen molar-refractivity contribution < 1.29 is 4.79 Å². The van der Waals surface area contributed by atoms with E-state index >= 15 is 0 Å². The van der Waals surface area contributed by atoms with Crippen LogP contribution in [0.5, 0.6) is 0 Å². The number of rotatable bonds is 5. The Morgan fingerprint density at radius 2 is 1.60 bits per heavy atom. The lowest BCUT2D eigenvalue weighted by Gasteiger charge is -2.35. The summed E-state index contributed by atoms with van der Waals surface area (Å²) in [5.74, 6) is 1.31. The van der Waals surface area contributed by atoms with Gasteiger partial charge in [0.2, 0.25) is 5.91 Å². The van der Waals surface area contributed by atoms with Gasteiger partial charge < -0.3 is 16.0 Å². The molecule has 1 aliphatic heterocycles. The van der Waals surface area contributed by atoms with Crippen molar-refractivity contribution in [1.82, 2.24) is 15.1 Å². The fourth-order valence-electron chi connectivity index (χ4n) is 4.44. The SMILES string of the molecule is NC(=NCCN1CCN(C(=O)C2CCCC2)CC1)NC1CCCCC1. The van der Waals surface area contributed by atoms with Gasteiger partial charge in [0.1, 0.15) is 0 Å². The Hall–Kier alpha value is -1.30. The quantitative estimate of drug-likeness (QED) is 0.583. The largest absolute Gasteiger partial charge is 0.370 e. The number of amides is 1. The van der Waals surface area contributed by atoms with Crippen LogP contribution in [0.1, 0.15) is 57.8 Å². The van der Waals surface area contributed by atoms with Crippen LogP contribution in [0, 0.1) is 5.92 Å². The van der Waals surface area contributed by atoms with E-state index in [9.17, 15) is 4.79 Å². The monoisotopic (exact) mass is 349 g/mol. The standard InChI is InChI=1S/C19H35N5O/c20-19(22-17-8-2-1-3-9-17)21-10-11-23-12-14-24(15-13-23)18(25)16-6-4-5-7-16/h16-17H,1-15H2,(H3,20,21,22). The van der Waals surface area contributed by atoms with Crippen molar-refractivity contribution in [2.45, 2.75) is 63.8 Å². The summed E-state index contributed by atoms with van der Waals surface area (Å²) in [5.41, 5.74) is 6.02. The molecule has 6 heteroatoms. The van der Waals surface area contributed by atoms with E-state index in [1.54, 1.807) is 0 Å². The Balaban J connectivity index is 1.32. The van der Waals surface area contributed by atoms with Crippen LogP contribution in [0.25, 0.3) is 0 Å². The zero-order chi connectivity index (χ0) is 17.5. The molecule has 3 aliphatic rings. The molecule has 1 amide bonds. The summed E-state index contributed by atoms with van der Waals surface area (Å²) < 4.78 is 0. The summed E-state index contributed by atoms with van der Waals surface area (Å²) in [6.45, 7) is 5.33. The van der Waals surface area contributed by atoms with Gasteiger partial charge in [-0.2, -0.15) is 0 Å². The third-order valence-corrected chi connectivity index (χ3v) is 6.04. The molecule has 1 saturated heterocycles. The molecule has 0 aromatic heterocycles. The number of aliphatic imine (C=N–C) groups is 1. The highest BCUT2D eigenvalue weighted by atomic mass is 16.2. The lowest BCUT2D eigenvalue weighted by molar-refractivity contribution is -0.137. The van der Waals surface area contributed by atoms with Crippen molar-refractivity contribution in [2.75, 3.05) is 39.3 Å². The normalized spacial score (nSPS) is 24.6. The average Bonchev–Trinajstić information content (AvgIpc) is 3.17. The predicted molar refractivity (Wildman–Crippen MR) is 101 cm³/mol.